The molecule has 1 unspecified atom stereocenters. The van der Waals surface area contributed by atoms with Crippen molar-refractivity contribution >= 4 is 22.9 Å². The molecule has 2 heteroatoms. The van der Waals surface area contributed by atoms with Gasteiger partial charge in [0.1, 0.15) is 0 Å². The minimum Gasteiger partial charge on any atom is -0.241 e. The highest BCUT2D eigenvalue weighted by atomic mass is 127. The summed E-state index contributed by atoms with van der Waals surface area (Å²) >= 11 is 2.52. The molecule has 0 bridgehead atoms. The fraction of sp³-hybridized carbons (Fsp3) is 1.00. The highest BCUT2D eigenvalue weighted by Gasteiger charge is 2.57. The summed E-state index contributed by atoms with van der Waals surface area (Å²) in [5, 5.41) is 0. The van der Waals surface area contributed by atoms with Gasteiger partial charge in [0, 0.05) is 34.9 Å². The number of nitrogens with zero attached hydrogens (tertiary/aromatic N) is 1. The zero-order valence-electron chi connectivity index (χ0n) is 7.36. The summed E-state index contributed by atoms with van der Waals surface area (Å²) in [5.74, 6) is 0. The first-order valence-corrected chi connectivity index (χ1v) is 5.48. The molecule has 0 radical (unpaired) electrons. The first kappa shape index (κ1) is 8.30. The van der Waals surface area contributed by atoms with Crippen LogP contribution >= 0.6 is 22.9 Å². The topological polar surface area (TPSA) is 3.24 Å². The van der Waals surface area contributed by atoms with Crippen molar-refractivity contribution in [2.24, 2.45) is 5.41 Å². The van der Waals surface area contributed by atoms with E-state index < -0.39 is 0 Å². The van der Waals surface area contributed by atoms with Crippen molar-refractivity contribution < 1.29 is 0 Å². The Labute approximate surface area is 83.0 Å². The van der Waals surface area contributed by atoms with E-state index in [-0.39, 0.29) is 0 Å². The maximum atomic E-state index is 2.56. The molecule has 0 amide bonds. The van der Waals surface area contributed by atoms with E-state index in [1.54, 1.807) is 0 Å². The Hall–Kier alpha value is 0.690. The molecule has 11 heavy (non-hydrogen) atoms. The molecule has 1 saturated heterocycles. The molecule has 1 heterocycles. The first-order chi connectivity index (χ1) is 5.08. The van der Waals surface area contributed by atoms with Gasteiger partial charge in [-0.15, -0.1) is 0 Å². The molecule has 0 aromatic carbocycles. The third-order valence-electron chi connectivity index (χ3n) is 3.83. The summed E-state index contributed by atoms with van der Waals surface area (Å²) in [5.41, 5.74) is 1.18. The fourth-order valence-corrected chi connectivity index (χ4v) is 4.15. The van der Waals surface area contributed by atoms with Crippen LogP contribution in [0.1, 0.15) is 39.5 Å². The molecule has 0 aromatic rings. The van der Waals surface area contributed by atoms with Gasteiger partial charge in [0.25, 0.3) is 0 Å². The number of halogens is 1. The molecule has 1 atom stereocenters. The van der Waals surface area contributed by atoms with Gasteiger partial charge >= 0.3 is 0 Å². The van der Waals surface area contributed by atoms with Crippen molar-refractivity contribution in [1.29, 1.82) is 0 Å². The van der Waals surface area contributed by atoms with Crippen LogP contribution in [0.4, 0.5) is 0 Å². The minimum absolute atomic E-state index is 0.588. The monoisotopic (exact) mass is 265 g/mol. The van der Waals surface area contributed by atoms with Crippen molar-refractivity contribution in [3.8, 4) is 0 Å². The van der Waals surface area contributed by atoms with Crippen LogP contribution < -0.4 is 0 Å². The van der Waals surface area contributed by atoms with Gasteiger partial charge in [-0.1, -0.05) is 13.8 Å². The number of hydrogen-bond acceptors (Lipinski definition) is 1. The maximum absolute atomic E-state index is 2.56. The SMILES string of the molecule is CC1(C)CCC12CCCN2I. The predicted molar refractivity (Wildman–Crippen MR) is 55.7 cm³/mol. The largest absolute Gasteiger partial charge is 0.241 e. The summed E-state index contributed by atoms with van der Waals surface area (Å²) in [6.07, 6.45) is 5.70. The lowest BCUT2D eigenvalue weighted by atomic mass is 9.56. The van der Waals surface area contributed by atoms with Crippen LogP contribution in [-0.4, -0.2) is 15.2 Å². The molecular formula is C9H16IN. The van der Waals surface area contributed by atoms with Crippen LogP contribution in [0.15, 0.2) is 0 Å². The van der Waals surface area contributed by atoms with Crippen molar-refractivity contribution in [3.05, 3.63) is 0 Å². The Morgan fingerprint density at radius 2 is 1.91 bits per heavy atom. The highest BCUT2D eigenvalue weighted by molar-refractivity contribution is 14.1. The van der Waals surface area contributed by atoms with Gasteiger partial charge in [0.05, 0.1) is 0 Å². The van der Waals surface area contributed by atoms with E-state index in [1.807, 2.05) is 0 Å². The van der Waals surface area contributed by atoms with Crippen LogP contribution in [0.5, 0.6) is 0 Å². The molecule has 1 aliphatic heterocycles. The van der Waals surface area contributed by atoms with Crippen LogP contribution in [0, 0.1) is 5.41 Å². The van der Waals surface area contributed by atoms with E-state index in [4.69, 9.17) is 0 Å². The predicted octanol–water partition coefficient (Wildman–Crippen LogP) is 2.99. The lowest BCUT2D eigenvalue weighted by Gasteiger charge is -2.57. The second-order valence-electron chi connectivity index (χ2n) is 4.60. The Morgan fingerprint density at radius 3 is 2.09 bits per heavy atom. The fourth-order valence-electron chi connectivity index (χ4n) is 2.67. The molecule has 2 rings (SSSR count). The normalized spacial score (nSPS) is 42.8. The Kier molecular flexibility index (Phi) is 1.77. The Morgan fingerprint density at radius 1 is 1.18 bits per heavy atom. The van der Waals surface area contributed by atoms with Gasteiger partial charge in [0.15, 0.2) is 0 Å². The van der Waals surface area contributed by atoms with E-state index >= 15 is 0 Å². The van der Waals surface area contributed by atoms with Crippen LogP contribution in [0.2, 0.25) is 0 Å². The average molecular weight is 265 g/mol. The van der Waals surface area contributed by atoms with Crippen LogP contribution in [0.3, 0.4) is 0 Å². The summed E-state index contributed by atoms with van der Waals surface area (Å²) in [6, 6.07) is 0. The minimum atomic E-state index is 0.588. The summed E-state index contributed by atoms with van der Waals surface area (Å²) in [4.78, 5) is 0. The van der Waals surface area contributed by atoms with Crippen LogP contribution in [-0.2, 0) is 0 Å². The summed E-state index contributed by atoms with van der Waals surface area (Å²) < 4.78 is 2.56. The van der Waals surface area contributed by atoms with E-state index in [2.05, 4.69) is 39.8 Å². The van der Waals surface area contributed by atoms with E-state index in [9.17, 15) is 0 Å². The van der Waals surface area contributed by atoms with Crippen molar-refractivity contribution in [1.82, 2.24) is 3.11 Å². The quantitative estimate of drug-likeness (QED) is 0.480. The van der Waals surface area contributed by atoms with Crippen molar-refractivity contribution in [2.45, 2.75) is 45.1 Å². The second-order valence-corrected chi connectivity index (χ2v) is 5.77. The molecule has 1 nitrogen and oxygen atoms in total. The molecule has 64 valence electrons. The van der Waals surface area contributed by atoms with E-state index in [0.717, 1.165) is 0 Å². The molecule has 1 saturated carbocycles. The van der Waals surface area contributed by atoms with Crippen molar-refractivity contribution in [3.63, 3.8) is 0 Å². The molecule has 1 spiro atoms. The average Bonchev–Trinajstić information content (AvgIpc) is 2.31. The maximum Gasteiger partial charge on any atom is 0.0356 e. The third-order valence-corrected chi connectivity index (χ3v) is 5.24. The zero-order chi connectivity index (χ0) is 8.11. The first-order valence-electron chi connectivity index (χ1n) is 4.52. The van der Waals surface area contributed by atoms with Gasteiger partial charge in [-0.3, -0.25) is 0 Å². The molecule has 0 aromatic heterocycles. The zero-order valence-corrected chi connectivity index (χ0v) is 9.52. The number of rotatable bonds is 0. The summed E-state index contributed by atoms with van der Waals surface area (Å²) in [7, 11) is 0. The summed E-state index contributed by atoms with van der Waals surface area (Å²) in [6.45, 7) is 6.16. The standard InChI is InChI=1S/C9H16IN/c1-8(2)5-6-9(8)4-3-7-11(9)10/h3-7H2,1-2H3. The molecule has 0 N–H and O–H groups in total. The second kappa shape index (κ2) is 2.34. The molecule has 2 fully saturated rings. The Bertz CT molecular complexity index is 178. The van der Waals surface area contributed by atoms with Gasteiger partial charge in [-0.2, -0.15) is 0 Å². The van der Waals surface area contributed by atoms with Gasteiger partial charge < -0.3 is 0 Å². The molecular weight excluding hydrogens is 249 g/mol. The third kappa shape index (κ3) is 0.916. The molecule has 1 aliphatic carbocycles. The van der Waals surface area contributed by atoms with Gasteiger partial charge in [-0.05, 0) is 31.1 Å². The Balaban J connectivity index is 2.22. The highest BCUT2D eigenvalue weighted by Crippen LogP contribution is 2.59. The van der Waals surface area contributed by atoms with Crippen molar-refractivity contribution in [2.75, 3.05) is 6.54 Å². The van der Waals surface area contributed by atoms with E-state index in [1.165, 1.54) is 32.2 Å². The van der Waals surface area contributed by atoms with E-state index in [0.29, 0.717) is 11.0 Å². The molecule has 2 aliphatic rings. The lowest BCUT2D eigenvalue weighted by Crippen LogP contribution is -2.58. The number of hydrogen-bond donors (Lipinski definition) is 0. The van der Waals surface area contributed by atoms with Gasteiger partial charge in [0.2, 0.25) is 0 Å². The van der Waals surface area contributed by atoms with Crippen LogP contribution in [0.25, 0.3) is 0 Å². The lowest BCUT2D eigenvalue weighted by molar-refractivity contribution is -0.0214. The smallest absolute Gasteiger partial charge is 0.0356 e. The van der Waals surface area contributed by atoms with Gasteiger partial charge in [-0.25, -0.2) is 3.11 Å².